The molecular formula is C26H35N5O. The van der Waals surface area contributed by atoms with Crippen molar-refractivity contribution < 1.29 is 4.79 Å². The summed E-state index contributed by atoms with van der Waals surface area (Å²) in [4.78, 5) is 20.1. The molecule has 2 aromatic rings. The van der Waals surface area contributed by atoms with E-state index in [0.29, 0.717) is 24.4 Å². The first-order valence-electron chi connectivity index (χ1n) is 12.2. The van der Waals surface area contributed by atoms with Crippen LogP contribution in [0.2, 0.25) is 0 Å². The van der Waals surface area contributed by atoms with Gasteiger partial charge in [0.05, 0.1) is 0 Å². The van der Waals surface area contributed by atoms with Crippen LogP contribution < -0.4 is 16.2 Å². The second-order valence-corrected chi connectivity index (χ2v) is 9.71. The standard InChI is InChI=1S/C26H35N5O/c32-26(28-16-19-7-3-1-4-8-19)25-23-14-21(9-10-24(23)29-30-25)22-13-20(15-27-17-22)18-31-11-5-2-6-12-31/h1,3-4,7-8,13,15,17,21,23-25,29-30H,2,5-6,9-12,14,16,18H2,(H,28,32). The van der Waals surface area contributed by atoms with Crippen LogP contribution in [0.25, 0.3) is 0 Å². The molecule has 3 aliphatic rings. The molecule has 3 fully saturated rings. The molecule has 6 nitrogen and oxygen atoms in total. The highest BCUT2D eigenvalue weighted by molar-refractivity contribution is 5.82. The van der Waals surface area contributed by atoms with Gasteiger partial charge in [-0.3, -0.25) is 20.1 Å². The van der Waals surface area contributed by atoms with E-state index in [9.17, 15) is 4.79 Å². The van der Waals surface area contributed by atoms with Gasteiger partial charge in [0, 0.05) is 37.4 Å². The molecule has 1 aromatic carbocycles. The largest absolute Gasteiger partial charge is 0.351 e. The molecule has 5 rings (SSSR count). The fourth-order valence-corrected chi connectivity index (χ4v) is 5.71. The molecule has 2 saturated heterocycles. The van der Waals surface area contributed by atoms with Crippen molar-refractivity contribution in [2.24, 2.45) is 5.92 Å². The van der Waals surface area contributed by atoms with Crippen molar-refractivity contribution in [2.75, 3.05) is 13.1 Å². The molecule has 2 aliphatic heterocycles. The van der Waals surface area contributed by atoms with Crippen molar-refractivity contribution in [2.45, 2.75) is 69.6 Å². The summed E-state index contributed by atoms with van der Waals surface area (Å²) >= 11 is 0. The monoisotopic (exact) mass is 433 g/mol. The predicted molar refractivity (Wildman–Crippen MR) is 126 cm³/mol. The molecule has 3 heterocycles. The number of piperidine rings is 1. The number of fused-ring (bicyclic) bond motifs is 1. The SMILES string of the molecule is O=C(NCc1ccccc1)C1NNC2CCC(c3cncc(CN4CCCCC4)c3)CC21. The van der Waals surface area contributed by atoms with Crippen LogP contribution in [0.5, 0.6) is 0 Å². The van der Waals surface area contributed by atoms with E-state index in [1.54, 1.807) is 0 Å². The van der Waals surface area contributed by atoms with E-state index >= 15 is 0 Å². The lowest BCUT2D eigenvalue weighted by molar-refractivity contribution is -0.124. The van der Waals surface area contributed by atoms with Crippen LogP contribution in [0.4, 0.5) is 0 Å². The number of hydrazine groups is 1. The number of pyridine rings is 1. The quantitative estimate of drug-likeness (QED) is 0.653. The highest BCUT2D eigenvalue weighted by Crippen LogP contribution is 2.39. The van der Waals surface area contributed by atoms with E-state index in [-0.39, 0.29) is 11.9 Å². The summed E-state index contributed by atoms with van der Waals surface area (Å²) in [6.07, 6.45) is 11.3. The third-order valence-electron chi connectivity index (χ3n) is 7.49. The Morgan fingerprint density at radius 1 is 1.03 bits per heavy atom. The van der Waals surface area contributed by atoms with Crippen molar-refractivity contribution in [1.29, 1.82) is 0 Å². The topological polar surface area (TPSA) is 69.3 Å². The Bertz CT molecular complexity index is 898. The zero-order chi connectivity index (χ0) is 21.8. The van der Waals surface area contributed by atoms with Gasteiger partial charge in [0.2, 0.25) is 5.91 Å². The number of amides is 1. The van der Waals surface area contributed by atoms with Gasteiger partial charge in [-0.1, -0.05) is 42.8 Å². The third-order valence-corrected chi connectivity index (χ3v) is 7.49. The van der Waals surface area contributed by atoms with Gasteiger partial charge >= 0.3 is 0 Å². The zero-order valence-electron chi connectivity index (χ0n) is 18.8. The molecule has 1 aliphatic carbocycles. The summed E-state index contributed by atoms with van der Waals surface area (Å²) in [5, 5.41) is 3.12. The first-order valence-corrected chi connectivity index (χ1v) is 12.2. The van der Waals surface area contributed by atoms with Crippen LogP contribution in [0.3, 0.4) is 0 Å². The molecule has 1 saturated carbocycles. The zero-order valence-corrected chi connectivity index (χ0v) is 18.8. The minimum atomic E-state index is -0.184. The molecule has 32 heavy (non-hydrogen) atoms. The van der Waals surface area contributed by atoms with E-state index in [4.69, 9.17) is 0 Å². The Morgan fingerprint density at radius 3 is 2.72 bits per heavy atom. The number of hydrogen-bond donors (Lipinski definition) is 3. The summed E-state index contributed by atoms with van der Waals surface area (Å²) in [5.74, 6) is 0.859. The second-order valence-electron chi connectivity index (χ2n) is 9.71. The van der Waals surface area contributed by atoms with E-state index in [1.807, 2.05) is 42.7 Å². The molecule has 1 amide bonds. The molecule has 1 aromatic heterocycles. The Labute approximate surface area is 191 Å². The van der Waals surface area contributed by atoms with Crippen LogP contribution in [0.15, 0.2) is 48.8 Å². The average Bonchev–Trinajstić information content (AvgIpc) is 3.27. The summed E-state index contributed by atoms with van der Waals surface area (Å²) in [7, 11) is 0. The summed E-state index contributed by atoms with van der Waals surface area (Å²) in [6.45, 7) is 3.98. The molecule has 6 heteroatoms. The van der Waals surface area contributed by atoms with Gasteiger partial charge < -0.3 is 5.32 Å². The first-order chi connectivity index (χ1) is 15.8. The maximum absolute atomic E-state index is 13.0. The van der Waals surface area contributed by atoms with E-state index in [1.165, 1.54) is 43.5 Å². The van der Waals surface area contributed by atoms with Crippen LogP contribution >= 0.6 is 0 Å². The van der Waals surface area contributed by atoms with Gasteiger partial charge in [-0.2, -0.15) is 0 Å². The number of carbonyl (C=O) groups excluding carboxylic acids is 1. The lowest BCUT2D eigenvalue weighted by Gasteiger charge is -2.33. The molecular weight excluding hydrogens is 398 g/mol. The maximum Gasteiger partial charge on any atom is 0.239 e. The molecule has 4 unspecified atom stereocenters. The third kappa shape index (κ3) is 5.03. The Hall–Kier alpha value is -2.28. The molecule has 4 atom stereocenters. The van der Waals surface area contributed by atoms with Gasteiger partial charge in [0.25, 0.3) is 0 Å². The van der Waals surface area contributed by atoms with Crippen molar-refractivity contribution in [3.8, 4) is 0 Å². The van der Waals surface area contributed by atoms with Gasteiger partial charge in [0.1, 0.15) is 6.04 Å². The van der Waals surface area contributed by atoms with Crippen LogP contribution in [-0.4, -0.2) is 41.0 Å². The van der Waals surface area contributed by atoms with Crippen LogP contribution in [-0.2, 0) is 17.9 Å². The van der Waals surface area contributed by atoms with Crippen molar-refractivity contribution in [3.63, 3.8) is 0 Å². The smallest absolute Gasteiger partial charge is 0.239 e. The predicted octanol–water partition coefficient (Wildman–Crippen LogP) is 3.11. The van der Waals surface area contributed by atoms with E-state index < -0.39 is 0 Å². The van der Waals surface area contributed by atoms with E-state index in [0.717, 1.165) is 31.4 Å². The van der Waals surface area contributed by atoms with Crippen molar-refractivity contribution >= 4 is 5.91 Å². The van der Waals surface area contributed by atoms with Gasteiger partial charge in [-0.15, -0.1) is 0 Å². The number of nitrogens with one attached hydrogen (secondary N) is 3. The number of nitrogens with zero attached hydrogens (tertiary/aromatic N) is 2. The number of aromatic nitrogens is 1. The average molecular weight is 434 g/mol. The molecule has 0 spiro atoms. The van der Waals surface area contributed by atoms with Crippen molar-refractivity contribution in [1.82, 2.24) is 26.1 Å². The van der Waals surface area contributed by atoms with Gasteiger partial charge in [-0.05, 0) is 67.8 Å². The summed E-state index contributed by atoms with van der Waals surface area (Å²) in [6, 6.07) is 12.6. The molecule has 0 bridgehead atoms. The second kappa shape index (κ2) is 10.1. The Kier molecular flexibility index (Phi) is 6.81. The molecule has 0 radical (unpaired) electrons. The number of carbonyl (C=O) groups is 1. The van der Waals surface area contributed by atoms with Gasteiger partial charge in [-0.25, -0.2) is 5.43 Å². The number of hydrogen-bond acceptors (Lipinski definition) is 5. The first kappa shape index (κ1) is 21.6. The number of benzene rings is 1. The number of rotatable bonds is 6. The minimum absolute atomic E-state index is 0.0893. The molecule has 170 valence electrons. The maximum atomic E-state index is 13.0. The Balaban J connectivity index is 1.21. The fourth-order valence-electron chi connectivity index (χ4n) is 5.71. The van der Waals surface area contributed by atoms with Crippen molar-refractivity contribution in [3.05, 3.63) is 65.5 Å². The lowest BCUT2D eigenvalue weighted by Crippen LogP contribution is -2.45. The summed E-state index contributed by atoms with van der Waals surface area (Å²) < 4.78 is 0. The molecule has 3 N–H and O–H groups in total. The van der Waals surface area contributed by atoms with Crippen LogP contribution in [0, 0.1) is 5.92 Å². The van der Waals surface area contributed by atoms with Crippen LogP contribution in [0.1, 0.15) is 61.1 Å². The number of likely N-dealkylation sites (tertiary alicyclic amines) is 1. The van der Waals surface area contributed by atoms with E-state index in [2.05, 4.69) is 32.1 Å². The summed E-state index contributed by atoms with van der Waals surface area (Å²) in [5.41, 5.74) is 10.5. The fraction of sp³-hybridized carbons (Fsp3) is 0.538. The van der Waals surface area contributed by atoms with Gasteiger partial charge in [0.15, 0.2) is 0 Å². The minimum Gasteiger partial charge on any atom is -0.351 e. The highest BCUT2D eigenvalue weighted by Gasteiger charge is 2.43. The normalized spacial score (nSPS) is 28.2. The highest BCUT2D eigenvalue weighted by atomic mass is 16.2. The Morgan fingerprint density at radius 2 is 1.88 bits per heavy atom. The lowest BCUT2D eigenvalue weighted by atomic mass is 9.73.